The Labute approximate surface area is 137 Å². The Bertz CT molecular complexity index is 765. The quantitative estimate of drug-likeness (QED) is 0.636. The predicted octanol–water partition coefficient (Wildman–Crippen LogP) is 4.54. The van der Waals surface area contributed by atoms with Crippen LogP contribution in [-0.4, -0.2) is 14.5 Å². The summed E-state index contributed by atoms with van der Waals surface area (Å²) in [6.07, 6.45) is 2.84. The minimum atomic E-state index is 0.376. The number of hydrogen-bond donors (Lipinski definition) is 0. The van der Waals surface area contributed by atoms with E-state index >= 15 is 0 Å². The highest BCUT2D eigenvalue weighted by Crippen LogP contribution is 2.21. The van der Waals surface area contributed by atoms with E-state index in [-0.39, 0.29) is 0 Å². The van der Waals surface area contributed by atoms with Gasteiger partial charge in [-0.2, -0.15) is 0 Å². The third-order valence-corrected chi connectivity index (χ3v) is 4.19. The third-order valence-electron chi connectivity index (χ3n) is 3.52. The summed E-state index contributed by atoms with van der Waals surface area (Å²) in [6.45, 7) is 2.89. The molecular weight excluding hydrogens is 350 g/mol. The number of alkyl halides is 1. The van der Waals surface area contributed by atoms with Crippen molar-refractivity contribution in [2.24, 2.45) is 0 Å². The summed E-state index contributed by atoms with van der Waals surface area (Å²) in [5.74, 6) is 1.22. The molecular formula is C16H15BrClN3. The van der Waals surface area contributed by atoms with Gasteiger partial charge < -0.3 is 4.57 Å². The van der Waals surface area contributed by atoms with Crippen molar-refractivity contribution < 1.29 is 0 Å². The second-order valence-corrected chi connectivity index (χ2v) is 6.10. The van der Waals surface area contributed by atoms with Crippen LogP contribution < -0.4 is 0 Å². The first kappa shape index (κ1) is 14.5. The fraction of sp³-hybridized carbons (Fsp3) is 0.250. The van der Waals surface area contributed by atoms with Crippen molar-refractivity contribution >= 4 is 38.7 Å². The van der Waals surface area contributed by atoms with E-state index in [1.54, 1.807) is 6.20 Å². The molecule has 0 unspecified atom stereocenters. The van der Waals surface area contributed by atoms with Crippen molar-refractivity contribution in [3.05, 3.63) is 58.0 Å². The van der Waals surface area contributed by atoms with Crippen LogP contribution in [0.25, 0.3) is 11.2 Å². The normalized spacial score (nSPS) is 11.2. The van der Waals surface area contributed by atoms with Gasteiger partial charge in [-0.15, -0.1) is 11.6 Å². The third kappa shape index (κ3) is 2.97. The minimum absolute atomic E-state index is 0.376. The number of aryl methyl sites for hydroxylation is 1. The fourth-order valence-electron chi connectivity index (χ4n) is 2.36. The summed E-state index contributed by atoms with van der Waals surface area (Å²) in [5, 5.41) is 0. The van der Waals surface area contributed by atoms with Gasteiger partial charge in [-0.1, -0.05) is 31.2 Å². The van der Waals surface area contributed by atoms with Crippen LogP contribution in [-0.2, 0) is 18.8 Å². The van der Waals surface area contributed by atoms with Gasteiger partial charge in [-0.25, -0.2) is 9.97 Å². The Kier molecular flexibility index (Phi) is 4.27. The maximum absolute atomic E-state index is 6.03. The van der Waals surface area contributed by atoms with Gasteiger partial charge in [0.2, 0.25) is 0 Å². The monoisotopic (exact) mass is 363 g/mol. The van der Waals surface area contributed by atoms with E-state index in [2.05, 4.69) is 61.7 Å². The van der Waals surface area contributed by atoms with Crippen molar-refractivity contribution in [2.75, 3.05) is 0 Å². The maximum atomic E-state index is 6.03. The van der Waals surface area contributed by atoms with E-state index in [0.717, 1.165) is 34.4 Å². The topological polar surface area (TPSA) is 30.7 Å². The molecule has 21 heavy (non-hydrogen) atoms. The lowest BCUT2D eigenvalue weighted by Crippen LogP contribution is -2.04. The Morgan fingerprint density at radius 2 is 1.90 bits per heavy atom. The largest absolute Gasteiger partial charge is 0.307 e. The zero-order valence-corrected chi connectivity index (χ0v) is 14.0. The van der Waals surface area contributed by atoms with Crippen LogP contribution in [0.4, 0.5) is 0 Å². The number of nitrogens with zero attached hydrogens (tertiary/aromatic N) is 3. The molecule has 2 heterocycles. The molecule has 108 valence electrons. The molecule has 3 aromatic rings. The van der Waals surface area contributed by atoms with Gasteiger partial charge in [0.1, 0.15) is 11.3 Å². The molecule has 0 saturated carbocycles. The number of rotatable bonds is 4. The molecule has 0 saturated heterocycles. The molecule has 0 atom stereocenters. The van der Waals surface area contributed by atoms with Crippen LogP contribution in [0.15, 0.2) is 41.0 Å². The molecule has 0 amide bonds. The van der Waals surface area contributed by atoms with Crippen molar-refractivity contribution in [1.29, 1.82) is 0 Å². The van der Waals surface area contributed by atoms with Crippen LogP contribution in [0, 0.1) is 0 Å². The van der Waals surface area contributed by atoms with Gasteiger partial charge in [-0.05, 0) is 39.5 Å². The van der Waals surface area contributed by atoms with Gasteiger partial charge in [0.25, 0.3) is 0 Å². The molecule has 1 aromatic carbocycles. The van der Waals surface area contributed by atoms with E-state index in [9.17, 15) is 0 Å². The summed E-state index contributed by atoms with van der Waals surface area (Å²) < 4.78 is 3.00. The predicted molar refractivity (Wildman–Crippen MR) is 89.7 cm³/mol. The SMILES string of the molecule is CCc1ccc(Cn2c(CCl)nc3cc(Br)cnc32)cc1. The molecule has 5 heteroatoms. The van der Waals surface area contributed by atoms with Gasteiger partial charge in [0.05, 0.1) is 12.4 Å². The van der Waals surface area contributed by atoms with Gasteiger partial charge in [-0.3, -0.25) is 0 Å². The van der Waals surface area contributed by atoms with E-state index < -0.39 is 0 Å². The van der Waals surface area contributed by atoms with E-state index in [4.69, 9.17) is 11.6 Å². The number of fused-ring (bicyclic) bond motifs is 1. The minimum Gasteiger partial charge on any atom is -0.307 e. The number of hydrogen-bond acceptors (Lipinski definition) is 2. The Morgan fingerprint density at radius 3 is 2.57 bits per heavy atom. The van der Waals surface area contributed by atoms with Crippen molar-refractivity contribution in [2.45, 2.75) is 25.8 Å². The number of imidazole rings is 1. The molecule has 0 aliphatic carbocycles. The first-order chi connectivity index (χ1) is 10.2. The van der Waals surface area contributed by atoms with Crippen LogP contribution in [0.1, 0.15) is 23.9 Å². The molecule has 3 nitrogen and oxygen atoms in total. The zero-order valence-electron chi connectivity index (χ0n) is 11.7. The van der Waals surface area contributed by atoms with Crippen LogP contribution in [0.5, 0.6) is 0 Å². The van der Waals surface area contributed by atoms with Crippen LogP contribution >= 0.6 is 27.5 Å². The molecule has 0 aliphatic rings. The van der Waals surface area contributed by atoms with Crippen molar-refractivity contribution in [3.63, 3.8) is 0 Å². The molecule has 3 rings (SSSR count). The zero-order chi connectivity index (χ0) is 14.8. The number of aromatic nitrogens is 3. The fourth-order valence-corrected chi connectivity index (χ4v) is 2.89. The van der Waals surface area contributed by atoms with E-state index in [1.165, 1.54) is 11.1 Å². The average Bonchev–Trinajstić information content (AvgIpc) is 2.85. The first-order valence-electron chi connectivity index (χ1n) is 6.85. The van der Waals surface area contributed by atoms with Gasteiger partial charge >= 0.3 is 0 Å². The highest BCUT2D eigenvalue weighted by Gasteiger charge is 2.12. The number of halogens is 2. The molecule has 0 radical (unpaired) electrons. The van der Waals surface area contributed by atoms with Gasteiger partial charge in [0, 0.05) is 10.7 Å². The molecule has 0 spiro atoms. The average molecular weight is 365 g/mol. The smallest absolute Gasteiger partial charge is 0.160 e. The van der Waals surface area contributed by atoms with Gasteiger partial charge in [0.15, 0.2) is 5.65 Å². The summed E-state index contributed by atoms with van der Waals surface area (Å²) >= 11 is 9.46. The lowest BCUT2D eigenvalue weighted by atomic mass is 10.1. The number of benzene rings is 1. The highest BCUT2D eigenvalue weighted by molar-refractivity contribution is 9.10. The van der Waals surface area contributed by atoms with Crippen LogP contribution in [0.2, 0.25) is 0 Å². The standard InChI is InChI=1S/C16H15BrClN3/c1-2-11-3-5-12(6-4-11)10-21-15(8-18)20-14-7-13(17)9-19-16(14)21/h3-7,9H,2,8,10H2,1H3. The van der Waals surface area contributed by atoms with E-state index in [1.807, 2.05) is 6.07 Å². The van der Waals surface area contributed by atoms with Crippen LogP contribution in [0.3, 0.4) is 0 Å². The first-order valence-corrected chi connectivity index (χ1v) is 8.18. The highest BCUT2D eigenvalue weighted by atomic mass is 79.9. The Balaban J connectivity index is 2.01. The summed E-state index contributed by atoms with van der Waals surface area (Å²) in [6, 6.07) is 10.6. The number of pyridine rings is 1. The van der Waals surface area contributed by atoms with Crippen molar-refractivity contribution in [3.8, 4) is 0 Å². The Morgan fingerprint density at radius 1 is 1.19 bits per heavy atom. The molecule has 2 aromatic heterocycles. The van der Waals surface area contributed by atoms with E-state index in [0.29, 0.717) is 5.88 Å². The second kappa shape index (κ2) is 6.16. The summed E-state index contributed by atoms with van der Waals surface area (Å²) in [4.78, 5) is 9.03. The molecule has 0 N–H and O–H groups in total. The molecule has 0 fully saturated rings. The van der Waals surface area contributed by atoms with Crippen molar-refractivity contribution in [1.82, 2.24) is 14.5 Å². The summed E-state index contributed by atoms with van der Waals surface area (Å²) in [7, 11) is 0. The molecule has 0 bridgehead atoms. The second-order valence-electron chi connectivity index (χ2n) is 4.91. The lowest BCUT2D eigenvalue weighted by molar-refractivity contribution is 0.770. The maximum Gasteiger partial charge on any atom is 0.160 e. The lowest BCUT2D eigenvalue weighted by Gasteiger charge is -2.08. The molecule has 0 aliphatic heterocycles. The Hall–Kier alpha value is -1.39. The summed E-state index contributed by atoms with van der Waals surface area (Å²) in [5.41, 5.74) is 4.30.